The Morgan fingerprint density at radius 3 is 1.94 bits per heavy atom. The summed E-state index contributed by atoms with van der Waals surface area (Å²) >= 11 is 3.71. The molecule has 92 valence electrons. The van der Waals surface area contributed by atoms with Gasteiger partial charge < -0.3 is 5.11 Å². The summed E-state index contributed by atoms with van der Waals surface area (Å²) in [6.07, 6.45) is 1.94. The molecule has 0 unspecified atom stereocenters. The molecule has 1 aromatic carbocycles. The molecule has 0 atom stereocenters. The Morgan fingerprint density at radius 1 is 1.12 bits per heavy atom. The number of halogens is 4. The van der Waals surface area contributed by atoms with Gasteiger partial charge in [0, 0.05) is 5.75 Å². The lowest BCUT2D eigenvalue weighted by atomic mass is 10.1. The lowest BCUT2D eigenvalue weighted by Crippen LogP contribution is -2.11. The average Bonchev–Trinajstić information content (AvgIpc) is 2.26. The molecule has 1 aromatic rings. The maximum atomic E-state index is 13.3. The minimum Gasteiger partial charge on any atom is -0.477 e. The van der Waals surface area contributed by atoms with Crippen LogP contribution in [0.15, 0.2) is 6.08 Å². The molecule has 7 heteroatoms. The van der Waals surface area contributed by atoms with Crippen LogP contribution >= 0.6 is 12.6 Å². The first-order chi connectivity index (χ1) is 7.91. The molecule has 1 N–H and O–H groups in total. The molecule has 17 heavy (non-hydrogen) atoms. The van der Waals surface area contributed by atoms with E-state index in [4.69, 9.17) is 5.11 Å². The van der Waals surface area contributed by atoms with E-state index in [0.29, 0.717) is 0 Å². The maximum Gasteiger partial charge on any atom is 0.341 e. The highest BCUT2D eigenvalue weighted by Gasteiger charge is 2.27. The molecule has 0 spiro atoms. The van der Waals surface area contributed by atoms with Crippen LogP contribution in [0.4, 0.5) is 17.6 Å². The van der Waals surface area contributed by atoms with Gasteiger partial charge >= 0.3 is 5.97 Å². The Bertz CT molecular complexity index is 471. The van der Waals surface area contributed by atoms with Gasteiger partial charge in [-0.2, -0.15) is 12.6 Å². The Kier molecular flexibility index (Phi) is 4.17. The molecule has 0 saturated heterocycles. The topological polar surface area (TPSA) is 37.3 Å². The predicted octanol–water partition coefficient (Wildman–Crippen LogP) is 2.88. The molecule has 0 bridgehead atoms. The van der Waals surface area contributed by atoms with E-state index in [-0.39, 0.29) is 5.75 Å². The summed E-state index contributed by atoms with van der Waals surface area (Å²) in [5.74, 6) is -9.35. The summed E-state index contributed by atoms with van der Waals surface area (Å²) < 4.78 is 52.9. The van der Waals surface area contributed by atoms with E-state index in [0.717, 1.165) is 12.2 Å². The number of carboxylic acids is 1. The minimum atomic E-state index is -2.08. The van der Waals surface area contributed by atoms with Crippen molar-refractivity contribution in [3.05, 3.63) is 40.5 Å². The smallest absolute Gasteiger partial charge is 0.341 e. The third-order valence-electron chi connectivity index (χ3n) is 1.90. The van der Waals surface area contributed by atoms with Gasteiger partial charge in [-0.25, -0.2) is 22.4 Å². The second-order valence-electron chi connectivity index (χ2n) is 2.93. The van der Waals surface area contributed by atoms with Crippen molar-refractivity contribution < 1.29 is 27.5 Å². The lowest BCUT2D eigenvalue weighted by Gasteiger charge is -2.06. The summed E-state index contributed by atoms with van der Waals surface area (Å²) in [6.45, 7) is 0. The van der Waals surface area contributed by atoms with Crippen molar-refractivity contribution in [2.75, 3.05) is 5.75 Å². The number of hydrogen-bond donors (Lipinski definition) is 2. The number of carbonyl (C=O) groups is 1. The van der Waals surface area contributed by atoms with E-state index >= 15 is 0 Å². The Morgan fingerprint density at radius 2 is 1.59 bits per heavy atom. The first-order valence-electron chi connectivity index (χ1n) is 4.28. The molecule has 1 rings (SSSR count). The Hall–Kier alpha value is -1.50. The van der Waals surface area contributed by atoms with Gasteiger partial charge in [-0.05, 0) is 0 Å². The molecule has 0 aliphatic heterocycles. The fourth-order valence-electron chi connectivity index (χ4n) is 1.15. The van der Waals surface area contributed by atoms with Crippen molar-refractivity contribution in [3.63, 3.8) is 0 Å². The van der Waals surface area contributed by atoms with Crippen LogP contribution in [0.25, 0.3) is 6.08 Å². The van der Waals surface area contributed by atoms with Crippen LogP contribution in [0, 0.1) is 23.3 Å². The fourth-order valence-corrected chi connectivity index (χ4v) is 1.26. The van der Waals surface area contributed by atoms with Crippen LogP contribution in [-0.4, -0.2) is 16.8 Å². The van der Waals surface area contributed by atoms with Crippen LogP contribution < -0.4 is 0 Å². The molecule has 0 amide bonds. The van der Waals surface area contributed by atoms with Crippen LogP contribution in [0.3, 0.4) is 0 Å². The van der Waals surface area contributed by atoms with Gasteiger partial charge in [0.1, 0.15) is 5.56 Å². The van der Waals surface area contributed by atoms with Gasteiger partial charge in [-0.15, -0.1) is 0 Å². The van der Waals surface area contributed by atoms with Crippen molar-refractivity contribution in [2.24, 2.45) is 0 Å². The quantitative estimate of drug-likeness (QED) is 0.501. The van der Waals surface area contributed by atoms with E-state index in [1.54, 1.807) is 0 Å². The van der Waals surface area contributed by atoms with Gasteiger partial charge in [0.2, 0.25) is 0 Å². The molecule has 0 fully saturated rings. The molecule has 0 aliphatic carbocycles. The molecule has 0 saturated carbocycles. The highest BCUT2D eigenvalue weighted by atomic mass is 32.1. The number of hydrogen-bond acceptors (Lipinski definition) is 2. The van der Waals surface area contributed by atoms with Gasteiger partial charge in [-0.3, -0.25) is 0 Å². The maximum absolute atomic E-state index is 13.3. The molecular formula is C10H6F4O2S. The lowest BCUT2D eigenvalue weighted by molar-refractivity contribution is 0.0683. The Labute approximate surface area is 99.0 Å². The van der Waals surface area contributed by atoms with Crippen molar-refractivity contribution in [2.45, 2.75) is 0 Å². The van der Waals surface area contributed by atoms with Crippen molar-refractivity contribution >= 4 is 24.7 Å². The molecule has 0 heterocycles. The molecular weight excluding hydrogens is 260 g/mol. The van der Waals surface area contributed by atoms with Gasteiger partial charge in [0.25, 0.3) is 0 Å². The first kappa shape index (κ1) is 13.6. The standard InChI is InChI=1S/C10H6F4O2S/c11-6-4(2-1-3-17)7(12)9(14)5(8(6)13)10(15)16/h1-2,17H,3H2,(H,15,16). The first-order valence-corrected chi connectivity index (χ1v) is 4.91. The molecule has 0 radical (unpaired) electrons. The largest absolute Gasteiger partial charge is 0.477 e. The molecule has 0 aliphatic rings. The zero-order chi connectivity index (χ0) is 13.2. The van der Waals surface area contributed by atoms with Crippen molar-refractivity contribution in [3.8, 4) is 0 Å². The highest BCUT2D eigenvalue weighted by Crippen LogP contribution is 2.25. The summed E-state index contributed by atoms with van der Waals surface area (Å²) in [5, 5.41) is 8.42. The zero-order valence-electron chi connectivity index (χ0n) is 8.18. The molecule has 0 aromatic heterocycles. The number of rotatable bonds is 3. The summed E-state index contributed by atoms with van der Waals surface area (Å²) in [4.78, 5) is 10.4. The van der Waals surface area contributed by atoms with E-state index in [9.17, 15) is 22.4 Å². The number of carboxylic acid groups (broad SMARTS) is 1. The van der Waals surface area contributed by atoms with Gasteiger partial charge in [0.15, 0.2) is 23.3 Å². The minimum absolute atomic E-state index is 0.100. The third kappa shape index (κ3) is 2.44. The molecule has 2 nitrogen and oxygen atoms in total. The van der Waals surface area contributed by atoms with Crippen molar-refractivity contribution in [1.29, 1.82) is 0 Å². The van der Waals surface area contributed by atoms with Crippen LogP contribution in [-0.2, 0) is 0 Å². The fraction of sp³-hybridized carbons (Fsp3) is 0.100. The number of aromatic carboxylic acids is 1. The summed E-state index contributed by atoms with van der Waals surface area (Å²) in [7, 11) is 0. The normalized spacial score (nSPS) is 11.1. The Balaban J connectivity index is 3.58. The van der Waals surface area contributed by atoms with Crippen LogP contribution in [0.2, 0.25) is 0 Å². The number of thiol groups is 1. The average molecular weight is 266 g/mol. The van der Waals surface area contributed by atoms with Crippen LogP contribution in [0.5, 0.6) is 0 Å². The predicted molar refractivity (Wildman–Crippen MR) is 56.1 cm³/mol. The highest BCUT2D eigenvalue weighted by molar-refractivity contribution is 7.80. The second kappa shape index (κ2) is 5.22. The third-order valence-corrected chi connectivity index (χ3v) is 2.11. The van der Waals surface area contributed by atoms with Crippen molar-refractivity contribution in [1.82, 2.24) is 0 Å². The zero-order valence-corrected chi connectivity index (χ0v) is 9.07. The SMILES string of the molecule is O=C(O)c1c(F)c(F)c(C=CCS)c(F)c1F. The van der Waals surface area contributed by atoms with E-state index < -0.39 is 40.4 Å². The second-order valence-corrected chi connectivity index (χ2v) is 3.30. The number of benzene rings is 1. The van der Waals surface area contributed by atoms with E-state index in [1.807, 2.05) is 0 Å². The van der Waals surface area contributed by atoms with E-state index in [2.05, 4.69) is 12.6 Å². The summed E-state index contributed by atoms with van der Waals surface area (Å²) in [5.41, 5.74) is -2.62. The monoisotopic (exact) mass is 266 g/mol. The summed E-state index contributed by atoms with van der Waals surface area (Å²) in [6, 6.07) is 0. The van der Waals surface area contributed by atoms with Gasteiger partial charge in [0.05, 0.1) is 5.56 Å². The van der Waals surface area contributed by atoms with E-state index in [1.165, 1.54) is 0 Å². The van der Waals surface area contributed by atoms with Gasteiger partial charge in [-0.1, -0.05) is 12.2 Å². The van der Waals surface area contributed by atoms with Crippen LogP contribution in [0.1, 0.15) is 15.9 Å².